The number of hydrogen-bond donors (Lipinski definition) is 2. The zero-order valence-electron chi connectivity index (χ0n) is 12.0. The summed E-state index contributed by atoms with van der Waals surface area (Å²) in [6.45, 7) is 7.32. The first kappa shape index (κ1) is 15.5. The molecule has 0 aromatic heterocycles. The van der Waals surface area contributed by atoms with E-state index >= 15 is 0 Å². The summed E-state index contributed by atoms with van der Waals surface area (Å²) in [5.41, 5.74) is 1.23. The number of nitrogens with zero attached hydrogens (tertiary/aromatic N) is 1. The normalized spacial score (nSPS) is 21.4. The van der Waals surface area contributed by atoms with E-state index in [0.29, 0.717) is 13.1 Å². The Kier molecular flexibility index (Phi) is 5.57. The second-order valence-electron chi connectivity index (χ2n) is 5.08. The van der Waals surface area contributed by atoms with E-state index in [0.717, 1.165) is 17.6 Å². The van der Waals surface area contributed by atoms with Crippen molar-refractivity contribution in [3.63, 3.8) is 0 Å². The Morgan fingerprint density at radius 3 is 3.10 bits per heavy atom. The summed E-state index contributed by atoms with van der Waals surface area (Å²) >= 11 is 3.51. The second-order valence-corrected chi connectivity index (χ2v) is 6.00. The lowest BCUT2D eigenvalue weighted by Gasteiger charge is -2.39. The van der Waals surface area contributed by atoms with Gasteiger partial charge in [0.15, 0.2) is 0 Å². The van der Waals surface area contributed by atoms with E-state index in [9.17, 15) is 4.79 Å². The average Bonchev–Trinajstić information content (AvgIpc) is 2.47. The Balaban J connectivity index is 2.16. The number of halogens is 1. The number of benzene rings is 1. The van der Waals surface area contributed by atoms with E-state index in [2.05, 4.69) is 50.5 Å². The Morgan fingerprint density at radius 2 is 2.40 bits per heavy atom. The fourth-order valence-electron chi connectivity index (χ4n) is 2.68. The molecule has 1 aromatic carbocycles. The second kappa shape index (κ2) is 7.20. The molecule has 0 bridgehead atoms. The third kappa shape index (κ3) is 3.59. The maximum atomic E-state index is 12.2. The summed E-state index contributed by atoms with van der Waals surface area (Å²) in [4.78, 5) is 14.5. The quantitative estimate of drug-likeness (QED) is 0.880. The minimum Gasteiger partial charge on any atom is -0.355 e. The highest BCUT2D eigenvalue weighted by atomic mass is 79.9. The monoisotopic (exact) mass is 339 g/mol. The van der Waals surface area contributed by atoms with Crippen LogP contribution in [0.25, 0.3) is 0 Å². The van der Waals surface area contributed by atoms with E-state index in [1.165, 1.54) is 5.56 Å². The molecule has 20 heavy (non-hydrogen) atoms. The Bertz CT molecular complexity index is 466. The van der Waals surface area contributed by atoms with E-state index in [-0.39, 0.29) is 18.0 Å². The Morgan fingerprint density at radius 1 is 1.60 bits per heavy atom. The largest absolute Gasteiger partial charge is 0.355 e. The van der Waals surface area contributed by atoms with Gasteiger partial charge in [-0.3, -0.25) is 9.69 Å². The topological polar surface area (TPSA) is 44.4 Å². The van der Waals surface area contributed by atoms with Crippen molar-refractivity contribution in [2.45, 2.75) is 25.9 Å². The molecule has 2 unspecified atom stereocenters. The van der Waals surface area contributed by atoms with Gasteiger partial charge in [-0.15, -0.1) is 0 Å². The highest BCUT2D eigenvalue weighted by Gasteiger charge is 2.31. The first-order valence-corrected chi connectivity index (χ1v) is 7.92. The summed E-state index contributed by atoms with van der Waals surface area (Å²) in [5.74, 6) is 0.113. The maximum absolute atomic E-state index is 12.2. The van der Waals surface area contributed by atoms with Crippen LogP contribution in [0.5, 0.6) is 0 Å². The van der Waals surface area contributed by atoms with Crippen molar-refractivity contribution in [2.75, 3.05) is 26.2 Å². The van der Waals surface area contributed by atoms with Crippen molar-refractivity contribution in [1.29, 1.82) is 0 Å². The minimum absolute atomic E-state index is 0.0994. The molecule has 1 aliphatic heterocycles. The molecule has 2 rings (SSSR count). The van der Waals surface area contributed by atoms with Gasteiger partial charge >= 0.3 is 0 Å². The highest BCUT2D eigenvalue weighted by Crippen LogP contribution is 2.25. The van der Waals surface area contributed by atoms with Crippen LogP contribution in [0, 0.1) is 0 Å². The van der Waals surface area contributed by atoms with Crippen molar-refractivity contribution in [2.24, 2.45) is 0 Å². The molecule has 0 aliphatic carbocycles. The van der Waals surface area contributed by atoms with Crippen LogP contribution >= 0.6 is 15.9 Å². The lowest BCUT2D eigenvalue weighted by molar-refractivity contribution is -0.128. The lowest BCUT2D eigenvalue weighted by atomic mass is 10.0. The van der Waals surface area contributed by atoms with E-state index < -0.39 is 0 Å². The summed E-state index contributed by atoms with van der Waals surface area (Å²) in [5, 5.41) is 6.24. The van der Waals surface area contributed by atoms with Gasteiger partial charge in [0.1, 0.15) is 6.04 Å². The van der Waals surface area contributed by atoms with Gasteiger partial charge in [-0.1, -0.05) is 28.1 Å². The lowest BCUT2D eigenvalue weighted by Crippen LogP contribution is -2.58. The molecule has 5 heteroatoms. The van der Waals surface area contributed by atoms with Gasteiger partial charge in [0.25, 0.3) is 0 Å². The van der Waals surface area contributed by atoms with Crippen LogP contribution in [-0.4, -0.2) is 43.0 Å². The molecule has 1 heterocycles. The molecule has 1 saturated heterocycles. The summed E-state index contributed by atoms with van der Waals surface area (Å²) < 4.78 is 1.08. The van der Waals surface area contributed by atoms with Gasteiger partial charge in [-0.25, -0.2) is 0 Å². The number of rotatable bonds is 4. The number of piperazine rings is 1. The van der Waals surface area contributed by atoms with Crippen molar-refractivity contribution < 1.29 is 4.79 Å². The van der Waals surface area contributed by atoms with Crippen LogP contribution in [0.4, 0.5) is 0 Å². The van der Waals surface area contributed by atoms with Crippen molar-refractivity contribution in [3.8, 4) is 0 Å². The molecule has 0 radical (unpaired) electrons. The molecule has 1 fully saturated rings. The smallest absolute Gasteiger partial charge is 0.238 e. The first-order valence-electron chi connectivity index (χ1n) is 7.13. The number of hydrogen-bond acceptors (Lipinski definition) is 3. The number of amides is 1. The zero-order valence-corrected chi connectivity index (χ0v) is 13.6. The molecule has 2 N–H and O–H groups in total. The fourth-order valence-corrected chi connectivity index (χ4v) is 3.09. The van der Waals surface area contributed by atoms with Gasteiger partial charge in [0, 0.05) is 36.7 Å². The SMILES string of the molecule is CCNC(=O)C1CNCCN1C(C)c1cccc(Br)c1. The number of nitrogens with one attached hydrogen (secondary N) is 2. The van der Waals surface area contributed by atoms with E-state index in [1.54, 1.807) is 0 Å². The fraction of sp³-hybridized carbons (Fsp3) is 0.533. The van der Waals surface area contributed by atoms with Crippen molar-refractivity contribution >= 4 is 21.8 Å². The van der Waals surface area contributed by atoms with Gasteiger partial charge < -0.3 is 10.6 Å². The van der Waals surface area contributed by atoms with Crippen LogP contribution in [0.1, 0.15) is 25.5 Å². The number of likely N-dealkylation sites (N-methyl/N-ethyl adjacent to an activating group) is 1. The summed E-state index contributed by atoms with van der Waals surface area (Å²) in [6.07, 6.45) is 0. The number of carbonyl (C=O) groups excluding carboxylic acids is 1. The van der Waals surface area contributed by atoms with Crippen LogP contribution in [0.15, 0.2) is 28.7 Å². The summed E-state index contributed by atoms with van der Waals surface area (Å²) in [6, 6.07) is 8.43. The van der Waals surface area contributed by atoms with Crippen LogP contribution in [0.3, 0.4) is 0 Å². The predicted molar refractivity (Wildman–Crippen MR) is 84.6 cm³/mol. The number of carbonyl (C=O) groups is 1. The van der Waals surface area contributed by atoms with Gasteiger partial charge in [0.2, 0.25) is 5.91 Å². The standard InChI is InChI=1S/C15H22BrN3O/c1-3-18-15(20)14-10-17-7-8-19(14)11(2)12-5-4-6-13(16)9-12/h4-6,9,11,14,17H,3,7-8,10H2,1-2H3,(H,18,20). The highest BCUT2D eigenvalue weighted by molar-refractivity contribution is 9.10. The van der Waals surface area contributed by atoms with E-state index in [4.69, 9.17) is 0 Å². The summed E-state index contributed by atoms with van der Waals surface area (Å²) in [7, 11) is 0. The molecule has 0 saturated carbocycles. The van der Waals surface area contributed by atoms with Crippen molar-refractivity contribution in [3.05, 3.63) is 34.3 Å². The molecular formula is C15H22BrN3O. The van der Waals surface area contributed by atoms with Gasteiger partial charge in [-0.05, 0) is 31.5 Å². The third-order valence-corrected chi connectivity index (χ3v) is 4.26. The van der Waals surface area contributed by atoms with Gasteiger partial charge in [-0.2, -0.15) is 0 Å². The zero-order chi connectivity index (χ0) is 14.5. The average molecular weight is 340 g/mol. The van der Waals surface area contributed by atoms with Crippen LogP contribution in [0.2, 0.25) is 0 Å². The van der Waals surface area contributed by atoms with Gasteiger partial charge in [0.05, 0.1) is 0 Å². The van der Waals surface area contributed by atoms with Crippen molar-refractivity contribution in [1.82, 2.24) is 15.5 Å². The first-order chi connectivity index (χ1) is 9.63. The maximum Gasteiger partial charge on any atom is 0.238 e. The molecule has 0 spiro atoms. The Labute approximate surface area is 129 Å². The molecule has 110 valence electrons. The third-order valence-electron chi connectivity index (χ3n) is 3.77. The molecule has 1 aliphatic rings. The van der Waals surface area contributed by atoms with Crippen LogP contribution < -0.4 is 10.6 Å². The molecule has 1 amide bonds. The predicted octanol–water partition coefficient (Wildman–Crippen LogP) is 1.92. The minimum atomic E-state index is -0.0994. The van der Waals surface area contributed by atoms with E-state index in [1.807, 2.05) is 19.1 Å². The molecular weight excluding hydrogens is 318 g/mol. The molecule has 1 aromatic rings. The van der Waals surface area contributed by atoms with Crippen LogP contribution in [-0.2, 0) is 4.79 Å². The molecule has 4 nitrogen and oxygen atoms in total. The molecule has 2 atom stereocenters. The Hall–Kier alpha value is -0.910.